The summed E-state index contributed by atoms with van der Waals surface area (Å²) in [5, 5.41) is 16.7. The van der Waals surface area contributed by atoms with Gasteiger partial charge < -0.3 is 5.11 Å². The number of aliphatic hydroxyl groups excluding tert-OH is 1. The summed E-state index contributed by atoms with van der Waals surface area (Å²) in [5.41, 5.74) is 1.05. The fourth-order valence-electron chi connectivity index (χ4n) is 2.60. The molecule has 0 aliphatic rings. The summed E-state index contributed by atoms with van der Waals surface area (Å²) >= 11 is 1.21. The van der Waals surface area contributed by atoms with E-state index in [1.807, 2.05) is 30.3 Å². The monoisotopic (exact) mass is 376 g/mol. The molecule has 0 radical (unpaired) electrons. The van der Waals surface area contributed by atoms with Gasteiger partial charge in [0.1, 0.15) is 5.03 Å². The maximum atomic E-state index is 13.4. The predicted molar refractivity (Wildman–Crippen MR) is 89.8 cm³/mol. The maximum Gasteiger partial charge on any atom is 0.452 e. The average molecular weight is 376 g/mol. The van der Waals surface area contributed by atoms with Crippen molar-refractivity contribution in [1.82, 2.24) is 19.6 Å². The van der Waals surface area contributed by atoms with Crippen molar-refractivity contribution in [2.75, 3.05) is 0 Å². The van der Waals surface area contributed by atoms with Crippen molar-refractivity contribution >= 4 is 28.4 Å². The van der Waals surface area contributed by atoms with Crippen molar-refractivity contribution in [3.05, 3.63) is 59.9 Å². The SMILES string of the molecule is OCc1ccc2nc(Sc3ccccc3)c3nnc(C(F)(F)F)n3c2c1. The van der Waals surface area contributed by atoms with Gasteiger partial charge in [0.15, 0.2) is 5.65 Å². The molecular formula is C17H11F3N4OS. The Morgan fingerprint density at radius 1 is 1.04 bits per heavy atom. The molecule has 132 valence electrons. The summed E-state index contributed by atoms with van der Waals surface area (Å²) in [6, 6.07) is 13.9. The Morgan fingerprint density at radius 2 is 1.81 bits per heavy atom. The molecule has 0 spiro atoms. The smallest absolute Gasteiger partial charge is 0.392 e. The van der Waals surface area contributed by atoms with Crippen LogP contribution < -0.4 is 0 Å². The maximum absolute atomic E-state index is 13.4. The van der Waals surface area contributed by atoms with E-state index >= 15 is 0 Å². The molecule has 2 aromatic carbocycles. The molecule has 0 amide bonds. The summed E-state index contributed by atoms with van der Waals surface area (Å²) in [6.45, 7) is -0.290. The van der Waals surface area contributed by atoms with Crippen molar-refractivity contribution in [2.24, 2.45) is 0 Å². The number of hydrogen-bond acceptors (Lipinski definition) is 5. The van der Waals surface area contributed by atoms with Crippen LogP contribution in [-0.4, -0.2) is 24.7 Å². The second kappa shape index (κ2) is 6.26. The summed E-state index contributed by atoms with van der Waals surface area (Å²) in [7, 11) is 0. The minimum atomic E-state index is -4.67. The Hall–Kier alpha value is -2.65. The normalized spacial score (nSPS) is 12.2. The standard InChI is InChI=1S/C17H11F3N4OS/c18-17(19,20)16-23-22-14-15(26-11-4-2-1-3-5-11)21-12-7-6-10(9-25)8-13(12)24(14)16/h1-8,25H,9H2. The zero-order chi connectivity index (χ0) is 18.3. The van der Waals surface area contributed by atoms with Gasteiger partial charge in [-0.3, -0.25) is 4.40 Å². The summed E-state index contributed by atoms with van der Waals surface area (Å²) < 4.78 is 41.2. The Bertz CT molecular complexity index is 1100. The fourth-order valence-corrected chi connectivity index (χ4v) is 3.49. The number of aromatic nitrogens is 4. The van der Waals surface area contributed by atoms with Crippen LogP contribution in [0.5, 0.6) is 0 Å². The van der Waals surface area contributed by atoms with Gasteiger partial charge >= 0.3 is 6.18 Å². The van der Waals surface area contributed by atoms with E-state index in [0.29, 0.717) is 16.1 Å². The number of nitrogens with zero attached hydrogens (tertiary/aromatic N) is 4. The molecule has 4 rings (SSSR count). The van der Waals surface area contributed by atoms with Crippen LogP contribution in [0.4, 0.5) is 13.2 Å². The van der Waals surface area contributed by atoms with Crippen molar-refractivity contribution in [2.45, 2.75) is 22.7 Å². The zero-order valence-corrected chi connectivity index (χ0v) is 13.9. The van der Waals surface area contributed by atoms with E-state index in [9.17, 15) is 18.3 Å². The molecule has 5 nitrogen and oxygen atoms in total. The highest BCUT2D eigenvalue weighted by atomic mass is 32.2. The molecule has 0 bridgehead atoms. The Morgan fingerprint density at radius 3 is 2.50 bits per heavy atom. The Kier molecular flexibility index (Phi) is 4.04. The third kappa shape index (κ3) is 2.89. The van der Waals surface area contributed by atoms with Crippen LogP contribution in [0.2, 0.25) is 0 Å². The van der Waals surface area contributed by atoms with Crippen LogP contribution in [0.1, 0.15) is 11.4 Å². The van der Waals surface area contributed by atoms with Gasteiger partial charge in [-0.15, -0.1) is 10.2 Å². The lowest BCUT2D eigenvalue weighted by molar-refractivity contribution is -0.145. The molecular weight excluding hydrogens is 365 g/mol. The van der Waals surface area contributed by atoms with E-state index in [0.717, 1.165) is 9.30 Å². The third-order valence-electron chi connectivity index (χ3n) is 3.75. The van der Waals surface area contributed by atoms with Crippen LogP contribution in [0.3, 0.4) is 0 Å². The molecule has 0 aliphatic carbocycles. The molecule has 0 saturated heterocycles. The van der Waals surface area contributed by atoms with E-state index in [1.165, 1.54) is 17.8 Å². The summed E-state index contributed by atoms with van der Waals surface area (Å²) in [5.74, 6) is -1.12. The molecule has 9 heteroatoms. The van der Waals surface area contributed by atoms with Crippen LogP contribution >= 0.6 is 11.8 Å². The van der Waals surface area contributed by atoms with Crippen molar-refractivity contribution in [1.29, 1.82) is 0 Å². The molecule has 2 heterocycles. The number of hydrogen-bond donors (Lipinski definition) is 1. The third-order valence-corrected chi connectivity index (χ3v) is 4.73. The lowest BCUT2D eigenvalue weighted by Gasteiger charge is -2.10. The summed E-state index contributed by atoms with van der Waals surface area (Å²) in [6.07, 6.45) is -4.67. The van der Waals surface area contributed by atoms with Gasteiger partial charge in [0.25, 0.3) is 0 Å². The molecule has 26 heavy (non-hydrogen) atoms. The van der Waals surface area contributed by atoms with E-state index in [4.69, 9.17) is 0 Å². The van der Waals surface area contributed by atoms with E-state index in [1.54, 1.807) is 12.1 Å². The first-order chi connectivity index (χ1) is 12.5. The molecule has 0 saturated carbocycles. The van der Waals surface area contributed by atoms with Crippen LogP contribution in [0, 0.1) is 0 Å². The Balaban J connectivity index is 2.02. The predicted octanol–water partition coefficient (Wildman–Crippen LogP) is 3.94. The first-order valence-corrected chi connectivity index (χ1v) is 8.38. The summed E-state index contributed by atoms with van der Waals surface area (Å²) in [4.78, 5) is 5.28. The highest BCUT2D eigenvalue weighted by Gasteiger charge is 2.38. The van der Waals surface area contributed by atoms with E-state index in [2.05, 4.69) is 15.2 Å². The number of aliphatic hydroxyl groups is 1. The topological polar surface area (TPSA) is 63.3 Å². The van der Waals surface area contributed by atoms with Gasteiger partial charge in [0, 0.05) is 4.90 Å². The van der Waals surface area contributed by atoms with Crippen molar-refractivity contribution in [3.63, 3.8) is 0 Å². The van der Waals surface area contributed by atoms with Gasteiger partial charge in [0.05, 0.1) is 17.6 Å². The second-order valence-corrected chi connectivity index (χ2v) is 6.56. The van der Waals surface area contributed by atoms with Crippen LogP contribution in [0.15, 0.2) is 58.5 Å². The lowest BCUT2D eigenvalue weighted by atomic mass is 10.2. The first-order valence-electron chi connectivity index (χ1n) is 7.56. The molecule has 1 N–H and O–H groups in total. The van der Waals surface area contributed by atoms with E-state index < -0.39 is 12.0 Å². The van der Waals surface area contributed by atoms with Gasteiger partial charge in [0.2, 0.25) is 5.82 Å². The molecule has 0 atom stereocenters. The lowest BCUT2D eigenvalue weighted by Crippen LogP contribution is -2.12. The number of halogens is 3. The second-order valence-electron chi connectivity index (χ2n) is 5.49. The molecule has 0 aliphatic heterocycles. The average Bonchev–Trinajstić information content (AvgIpc) is 3.08. The molecule has 2 aromatic heterocycles. The first kappa shape index (κ1) is 16.8. The quantitative estimate of drug-likeness (QED) is 0.587. The minimum absolute atomic E-state index is 0.0220. The Labute approximate surface area is 149 Å². The van der Waals surface area contributed by atoms with Gasteiger partial charge in [-0.05, 0) is 29.8 Å². The van der Waals surface area contributed by atoms with Crippen LogP contribution in [0.25, 0.3) is 16.7 Å². The van der Waals surface area contributed by atoms with Crippen molar-refractivity contribution in [3.8, 4) is 0 Å². The molecule has 0 fully saturated rings. The minimum Gasteiger partial charge on any atom is -0.392 e. The number of alkyl halides is 3. The number of rotatable bonds is 3. The zero-order valence-electron chi connectivity index (χ0n) is 13.1. The van der Waals surface area contributed by atoms with Gasteiger partial charge in [-0.2, -0.15) is 13.2 Å². The molecule has 0 unspecified atom stereocenters. The van der Waals surface area contributed by atoms with E-state index in [-0.39, 0.29) is 17.8 Å². The molecule has 4 aromatic rings. The fraction of sp³-hybridized carbons (Fsp3) is 0.118. The number of fused-ring (bicyclic) bond motifs is 3. The highest BCUT2D eigenvalue weighted by molar-refractivity contribution is 7.99. The number of benzene rings is 2. The highest BCUT2D eigenvalue weighted by Crippen LogP contribution is 2.35. The largest absolute Gasteiger partial charge is 0.452 e. The van der Waals surface area contributed by atoms with Crippen LogP contribution in [-0.2, 0) is 12.8 Å². The van der Waals surface area contributed by atoms with Crippen molar-refractivity contribution < 1.29 is 18.3 Å². The van der Waals surface area contributed by atoms with Gasteiger partial charge in [-0.1, -0.05) is 36.0 Å². The van der Waals surface area contributed by atoms with Gasteiger partial charge in [-0.25, -0.2) is 4.98 Å².